The number of nitrogens with zero attached hydrogens (tertiary/aromatic N) is 1. The smallest absolute Gasteiger partial charge is 0.408 e. The van der Waals surface area contributed by atoms with E-state index in [0.29, 0.717) is 26.2 Å². The van der Waals surface area contributed by atoms with E-state index in [9.17, 15) is 24.0 Å². The van der Waals surface area contributed by atoms with Gasteiger partial charge >= 0.3 is 6.09 Å². The maximum Gasteiger partial charge on any atom is 0.408 e. The van der Waals surface area contributed by atoms with Crippen LogP contribution in [-0.2, 0) is 28.7 Å². The molecule has 0 aromatic heterocycles. The summed E-state index contributed by atoms with van der Waals surface area (Å²) in [6.45, 7) is 12.0. The number of primary amides is 1. The summed E-state index contributed by atoms with van der Waals surface area (Å²) in [5.74, 6) is -1.89. The Kier molecular flexibility index (Phi) is 7.60. The Morgan fingerprint density at radius 2 is 1.79 bits per heavy atom. The fourth-order valence-corrected chi connectivity index (χ4v) is 7.52. The summed E-state index contributed by atoms with van der Waals surface area (Å²) >= 11 is 0. The number of allylic oxidation sites excluding steroid dienone is 2. The molecule has 3 aliphatic heterocycles. The van der Waals surface area contributed by atoms with Crippen LogP contribution in [0.1, 0.15) is 60.8 Å². The van der Waals surface area contributed by atoms with Gasteiger partial charge in [-0.1, -0.05) is 32.9 Å². The third kappa shape index (κ3) is 5.74. The van der Waals surface area contributed by atoms with E-state index in [1.54, 1.807) is 25.7 Å². The number of carbonyl (C=O) groups is 5. The average Bonchev–Trinajstić information content (AvgIpc) is 3.60. The summed E-state index contributed by atoms with van der Waals surface area (Å²) in [6.07, 6.45) is 5.07. The second-order valence-electron chi connectivity index (χ2n) is 14.9. The van der Waals surface area contributed by atoms with E-state index < -0.39 is 58.5 Å². The highest BCUT2D eigenvalue weighted by Crippen LogP contribution is 2.54. The minimum absolute atomic E-state index is 0.0696. The maximum absolute atomic E-state index is 14.2. The van der Waals surface area contributed by atoms with Gasteiger partial charge in [0.2, 0.25) is 23.6 Å². The number of likely N-dealkylation sites (tertiary alicyclic amines) is 1. The van der Waals surface area contributed by atoms with Crippen molar-refractivity contribution in [2.24, 2.45) is 40.7 Å². The molecule has 2 bridgehead atoms. The van der Waals surface area contributed by atoms with E-state index in [2.05, 4.69) is 28.1 Å². The predicted molar refractivity (Wildman–Crippen MR) is 151 cm³/mol. The molecule has 0 aromatic rings. The number of rotatable bonds is 7. The van der Waals surface area contributed by atoms with Crippen LogP contribution < -0.4 is 21.7 Å². The van der Waals surface area contributed by atoms with Crippen LogP contribution in [0.25, 0.3) is 0 Å². The standard InChI is InChI=1S/C30H45N5O7/c1-28(2,3)22(33-27(40)42-29(4,5)6)26(39)35-12-18-15-7-8-16(9-15)20(18)21(35)25(38)32-19(23(31)36)10-17-11-30(13-41-14-30)34-24(17)37/h7-8,15-22H,9-14H2,1-6H3,(H2,31,36)(H,32,38)(H,33,40)(H,34,37)/t15-,16+,17?,18-,19+,20+,21+,22-/m1/s1. The van der Waals surface area contributed by atoms with Crippen molar-refractivity contribution in [3.63, 3.8) is 0 Å². The molecule has 1 unspecified atom stereocenters. The van der Waals surface area contributed by atoms with Gasteiger partial charge in [-0.15, -0.1) is 0 Å². The number of nitrogens with one attached hydrogen (secondary N) is 3. The Morgan fingerprint density at radius 3 is 2.33 bits per heavy atom. The van der Waals surface area contributed by atoms with E-state index in [1.807, 2.05) is 20.8 Å². The van der Waals surface area contributed by atoms with Gasteiger partial charge in [0.05, 0.1) is 18.8 Å². The van der Waals surface area contributed by atoms with Gasteiger partial charge in [-0.05, 0) is 69.1 Å². The molecule has 5 rings (SSSR count). The molecule has 1 saturated carbocycles. The molecule has 5 N–H and O–H groups in total. The Bertz CT molecular complexity index is 1180. The summed E-state index contributed by atoms with van der Waals surface area (Å²) in [5, 5.41) is 8.54. The molecule has 0 radical (unpaired) electrons. The van der Waals surface area contributed by atoms with Crippen LogP contribution in [0.4, 0.5) is 4.79 Å². The fraction of sp³-hybridized carbons (Fsp3) is 0.767. The first-order valence-electron chi connectivity index (χ1n) is 15.0. The first-order chi connectivity index (χ1) is 19.5. The number of carbonyl (C=O) groups excluding carboxylic acids is 5. The summed E-state index contributed by atoms with van der Waals surface area (Å²) < 4.78 is 10.7. The van der Waals surface area contributed by atoms with Crippen LogP contribution in [0.5, 0.6) is 0 Å². The summed E-state index contributed by atoms with van der Waals surface area (Å²) in [7, 11) is 0. The van der Waals surface area contributed by atoms with E-state index in [0.717, 1.165) is 6.42 Å². The highest BCUT2D eigenvalue weighted by Gasteiger charge is 2.59. The van der Waals surface area contributed by atoms with Crippen LogP contribution in [0.2, 0.25) is 0 Å². The normalized spacial score (nSPS) is 32.1. The van der Waals surface area contributed by atoms with Crippen molar-refractivity contribution < 1.29 is 33.4 Å². The zero-order chi connectivity index (χ0) is 30.8. The van der Waals surface area contributed by atoms with Gasteiger partial charge in [0.25, 0.3) is 0 Å². The summed E-state index contributed by atoms with van der Waals surface area (Å²) in [5.41, 5.74) is 3.89. The lowest BCUT2D eigenvalue weighted by atomic mass is 9.81. The number of hydrogen-bond acceptors (Lipinski definition) is 7. The van der Waals surface area contributed by atoms with Crippen molar-refractivity contribution in [1.29, 1.82) is 0 Å². The van der Waals surface area contributed by atoms with Crippen molar-refractivity contribution in [2.75, 3.05) is 19.8 Å². The number of ether oxygens (including phenoxy) is 2. The lowest BCUT2D eigenvalue weighted by Gasteiger charge is -2.38. The number of amides is 5. The minimum atomic E-state index is -1.08. The summed E-state index contributed by atoms with van der Waals surface area (Å²) in [4.78, 5) is 67.8. The molecular formula is C30H45N5O7. The van der Waals surface area contributed by atoms with Crippen LogP contribution in [0, 0.1) is 35.0 Å². The quantitative estimate of drug-likeness (QED) is 0.320. The average molecular weight is 588 g/mol. The number of alkyl carbamates (subject to hydrolysis) is 1. The van der Waals surface area contributed by atoms with Crippen LogP contribution in [-0.4, -0.2) is 83.6 Å². The van der Waals surface area contributed by atoms with Crippen LogP contribution in [0.15, 0.2) is 12.2 Å². The Balaban J connectivity index is 1.36. The van der Waals surface area contributed by atoms with Crippen LogP contribution >= 0.6 is 0 Å². The van der Waals surface area contributed by atoms with Crippen LogP contribution in [0.3, 0.4) is 0 Å². The minimum Gasteiger partial charge on any atom is -0.444 e. The van der Waals surface area contributed by atoms with Gasteiger partial charge in [0.15, 0.2) is 0 Å². The number of nitrogens with two attached hydrogens (primary N) is 1. The molecule has 232 valence electrons. The molecular weight excluding hydrogens is 542 g/mol. The highest BCUT2D eigenvalue weighted by molar-refractivity contribution is 5.95. The lowest BCUT2D eigenvalue weighted by molar-refractivity contribution is -0.144. The Labute approximate surface area is 246 Å². The van der Waals surface area contributed by atoms with Gasteiger partial charge in [0.1, 0.15) is 23.7 Å². The highest BCUT2D eigenvalue weighted by atomic mass is 16.6. The molecule has 3 saturated heterocycles. The second kappa shape index (κ2) is 10.5. The fourth-order valence-electron chi connectivity index (χ4n) is 7.52. The molecule has 1 spiro atoms. The zero-order valence-corrected chi connectivity index (χ0v) is 25.4. The predicted octanol–water partition coefficient (Wildman–Crippen LogP) is 0.840. The third-order valence-electron chi connectivity index (χ3n) is 9.46. The van der Waals surface area contributed by atoms with Crippen molar-refractivity contribution in [3.8, 4) is 0 Å². The number of fused-ring (bicyclic) bond motifs is 5. The second-order valence-corrected chi connectivity index (χ2v) is 14.9. The van der Waals surface area contributed by atoms with E-state index in [4.69, 9.17) is 15.2 Å². The molecule has 8 atom stereocenters. The van der Waals surface area contributed by atoms with Crippen molar-refractivity contribution >= 4 is 29.7 Å². The van der Waals surface area contributed by atoms with Crippen molar-refractivity contribution in [1.82, 2.24) is 20.9 Å². The number of hydrogen-bond donors (Lipinski definition) is 4. The van der Waals surface area contributed by atoms with Crippen molar-refractivity contribution in [2.45, 2.75) is 90.1 Å². The lowest BCUT2D eigenvalue weighted by Crippen LogP contribution is -2.60. The van der Waals surface area contributed by atoms with Gasteiger partial charge in [-0.2, -0.15) is 0 Å². The molecule has 12 nitrogen and oxygen atoms in total. The van der Waals surface area contributed by atoms with E-state index in [-0.39, 0.29) is 41.9 Å². The molecule has 42 heavy (non-hydrogen) atoms. The SMILES string of the molecule is CC(C)(C)OC(=O)N[C@H](C(=O)N1C[C@H]2[C@@H]([C@H]1C(=O)N[C@@H](CC1CC3(COC3)NC1=O)C(N)=O)[C@H]1C=C[C@@H]2C1)C(C)(C)C. The van der Waals surface area contributed by atoms with E-state index in [1.165, 1.54) is 0 Å². The monoisotopic (exact) mass is 587 g/mol. The zero-order valence-electron chi connectivity index (χ0n) is 25.4. The van der Waals surface area contributed by atoms with Crippen molar-refractivity contribution in [3.05, 3.63) is 12.2 Å². The van der Waals surface area contributed by atoms with Gasteiger partial charge in [-0.25, -0.2) is 4.79 Å². The van der Waals surface area contributed by atoms with Gasteiger partial charge in [-0.3, -0.25) is 19.2 Å². The largest absolute Gasteiger partial charge is 0.444 e. The summed E-state index contributed by atoms with van der Waals surface area (Å²) in [6, 6.07) is -2.88. The molecule has 5 aliphatic rings. The Hall–Kier alpha value is -3.15. The molecule has 12 heteroatoms. The Morgan fingerprint density at radius 1 is 1.12 bits per heavy atom. The van der Waals surface area contributed by atoms with Gasteiger partial charge in [0, 0.05) is 12.5 Å². The molecule has 2 aliphatic carbocycles. The first kappa shape index (κ1) is 30.3. The van der Waals surface area contributed by atoms with E-state index >= 15 is 0 Å². The maximum atomic E-state index is 14.2. The van der Waals surface area contributed by atoms with Gasteiger partial charge < -0.3 is 36.1 Å². The molecule has 0 aromatic carbocycles. The third-order valence-corrected chi connectivity index (χ3v) is 9.46. The topological polar surface area (TPSA) is 169 Å². The molecule has 3 heterocycles. The molecule has 4 fully saturated rings. The first-order valence-corrected chi connectivity index (χ1v) is 15.0. The molecule has 5 amide bonds.